The van der Waals surface area contributed by atoms with Crippen molar-refractivity contribution in [2.24, 2.45) is 5.92 Å². The molecule has 0 spiro atoms. The van der Waals surface area contributed by atoms with Gasteiger partial charge in [0.05, 0.1) is 6.20 Å². The van der Waals surface area contributed by atoms with Crippen molar-refractivity contribution in [3.8, 4) is 11.5 Å². The van der Waals surface area contributed by atoms with Crippen LogP contribution in [0.15, 0.2) is 35.1 Å². The number of aryl methyl sites for hydroxylation is 1. The molecule has 7 nitrogen and oxygen atoms in total. The Balaban J connectivity index is 1.43. The fraction of sp³-hybridized carbons (Fsp3) is 0.429. The highest BCUT2D eigenvalue weighted by molar-refractivity contribution is 5.94. The molecule has 1 aliphatic carbocycles. The molecule has 0 radical (unpaired) electrons. The zero-order chi connectivity index (χ0) is 20.2. The molecule has 1 fully saturated rings. The van der Waals surface area contributed by atoms with Gasteiger partial charge in [-0.1, -0.05) is 0 Å². The van der Waals surface area contributed by atoms with Crippen LogP contribution >= 0.6 is 0 Å². The minimum absolute atomic E-state index is 0.0130. The Labute approximate surface area is 168 Å². The third kappa shape index (κ3) is 4.59. The maximum Gasteiger partial charge on any atom is 0.228 e. The predicted molar refractivity (Wildman–Crippen MR) is 108 cm³/mol. The molecule has 2 N–H and O–H groups in total. The summed E-state index contributed by atoms with van der Waals surface area (Å²) in [5, 5.41) is 7.91. The van der Waals surface area contributed by atoms with Crippen LogP contribution in [0.2, 0.25) is 0 Å². The normalized spacial score (nSPS) is 19.4. The molecule has 0 bridgehead atoms. The van der Waals surface area contributed by atoms with Crippen molar-refractivity contribution >= 4 is 22.5 Å². The van der Waals surface area contributed by atoms with Gasteiger partial charge < -0.3 is 15.1 Å². The standard InChI is InChI=1S/C21H24FN5O2/c1-13-24-12-19(29-13)18-8-15-9-20(26-11-16(15)10-25-18)27-21(28)14-2-4-17(5-3-14)23-7-6-22/h8-12,14,17,23H,2-7H2,1H3,(H,26,27,28)/t14-,17-. The smallest absolute Gasteiger partial charge is 0.228 e. The van der Waals surface area contributed by atoms with Crippen LogP contribution in [0.5, 0.6) is 0 Å². The van der Waals surface area contributed by atoms with Gasteiger partial charge in [0, 0.05) is 43.2 Å². The largest absolute Gasteiger partial charge is 0.439 e. The van der Waals surface area contributed by atoms with Crippen LogP contribution in [0.25, 0.3) is 22.2 Å². The molecule has 0 atom stereocenters. The summed E-state index contributed by atoms with van der Waals surface area (Å²) >= 11 is 0. The number of carbonyl (C=O) groups excluding carboxylic acids is 1. The fourth-order valence-electron chi connectivity index (χ4n) is 3.77. The van der Waals surface area contributed by atoms with Crippen molar-refractivity contribution in [2.75, 3.05) is 18.5 Å². The molecule has 1 aliphatic rings. The summed E-state index contributed by atoms with van der Waals surface area (Å²) in [4.78, 5) is 25.5. The number of oxazole rings is 1. The number of carbonyl (C=O) groups is 1. The van der Waals surface area contributed by atoms with Crippen LogP contribution in [0.1, 0.15) is 31.6 Å². The molecule has 0 unspecified atom stereocenters. The fourth-order valence-corrected chi connectivity index (χ4v) is 3.77. The molecule has 0 aliphatic heterocycles. The van der Waals surface area contributed by atoms with Gasteiger partial charge in [-0.2, -0.15) is 0 Å². The number of alkyl halides is 1. The zero-order valence-corrected chi connectivity index (χ0v) is 16.3. The SMILES string of the molecule is Cc1ncc(-c2cc3cc(NC(=O)[C@H]4CC[C@H](NCCF)CC4)ncc3cn2)o1. The van der Waals surface area contributed by atoms with E-state index in [-0.39, 0.29) is 18.5 Å². The molecule has 0 aromatic carbocycles. The van der Waals surface area contributed by atoms with E-state index in [0.29, 0.717) is 35.7 Å². The number of aromatic nitrogens is 3. The van der Waals surface area contributed by atoms with Gasteiger partial charge in [-0.3, -0.25) is 9.78 Å². The number of pyridine rings is 2. The topological polar surface area (TPSA) is 92.9 Å². The Morgan fingerprint density at radius 2 is 1.90 bits per heavy atom. The van der Waals surface area contributed by atoms with Crippen LogP contribution in [0.3, 0.4) is 0 Å². The van der Waals surface area contributed by atoms with Crippen LogP contribution in [0.4, 0.5) is 10.2 Å². The van der Waals surface area contributed by atoms with E-state index in [9.17, 15) is 9.18 Å². The van der Waals surface area contributed by atoms with E-state index in [2.05, 4.69) is 25.6 Å². The Bertz CT molecular complexity index is 998. The van der Waals surface area contributed by atoms with Crippen molar-refractivity contribution < 1.29 is 13.6 Å². The highest BCUT2D eigenvalue weighted by Gasteiger charge is 2.26. The second-order valence-corrected chi connectivity index (χ2v) is 7.41. The molecular weight excluding hydrogens is 373 g/mol. The van der Waals surface area contributed by atoms with Crippen LogP contribution < -0.4 is 10.6 Å². The molecule has 29 heavy (non-hydrogen) atoms. The van der Waals surface area contributed by atoms with Crippen molar-refractivity contribution in [3.63, 3.8) is 0 Å². The number of fused-ring (bicyclic) bond motifs is 1. The summed E-state index contributed by atoms with van der Waals surface area (Å²) in [6.07, 6.45) is 8.43. The average molecular weight is 397 g/mol. The third-order valence-electron chi connectivity index (χ3n) is 5.35. The molecule has 152 valence electrons. The summed E-state index contributed by atoms with van der Waals surface area (Å²) in [7, 11) is 0. The molecule has 4 rings (SSSR count). The van der Waals surface area contributed by atoms with Gasteiger partial charge in [-0.25, -0.2) is 14.4 Å². The number of hydrogen-bond donors (Lipinski definition) is 2. The molecule has 1 amide bonds. The van der Waals surface area contributed by atoms with Crippen LogP contribution in [-0.2, 0) is 4.79 Å². The quantitative estimate of drug-likeness (QED) is 0.660. The summed E-state index contributed by atoms with van der Waals surface area (Å²) in [6.45, 7) is 1.81. The van der Waals surface area contributed by atoms with E-state index >= 15 is 0 Å². The predicted octanol–water partition coefficient (Wildman–Crippen LogP) is 3.65. The highest BCUT2D eigenvalue weighted by atomic mass is 19.1. The summed E-state index contributed by atoms with van der Waals surface area (Å²) in [6, 6.07) is 4.05. The van der Waals surface area contributed by atoms with Gasteiger partial charge in [0.25, 0.3) is 0 Å². The first-order valence-electron chi connectivity index (χ1n) is 9.91. The van der Waals surface area contributed by atoms with Gasteiger partial charge in [-0.15, -0.1) is 0 Å². The number of nitrogens with one attached hydrogen (secondary N) is 2. The van der Waals surface area contributed by atoms with E-state index in [0.717, 1.165) is 36.5 Å². The molecule has 3 aromatic rings. The second-order valence-electron chi connectivity index (χ2n) is 7.41. The molecular formula is C21H24FN5O2. The van der Waals surface area contributed by atoms with E-state index in [1.54, 1.807) is 25.5 Å². The molecule has 3 heterocycles. The average Bonchev–Trinajstić information content (AvgIpc) is 3.18. The summed E-state index contributed by atoms with van der Waals surface area (Å²) in [5.41, 5.74) is 0.681. The minimum Gasteiger partial charge on any atom is -0.439 e. The second kappa shape index (κ2) is 8.65. The third-order valence-corrected chi connectivity index (χ3v) is 5.35. The molecule has 1 saturated carbocycles. The van der Waals surface area contributed by atoms with E-state index < -0.39 is 0 Å². The first-order valence-corrected chi connectivity index (χ1v) is 9.91. The lowest BCUT2D eigenvalue weighted by Gasteiger charge is -2.28. The monoisotopic (exact) mass is 397 g/mol. The maximum absolute atomic E-state index is 12.6. The maximum atomic E-state index is 12.6. The number of halogens is 1. The number of amides is 1. The minimum atomic E-state index is -0.360. The van der Waals surface area contributed by atoms with Crippen molar-refractivity contribution in [3.05, 3.63) is 36.6 Å². The lowest BCUT2D eigenvalue weighted by molar-refractivity contribution is -0.120. The first kappa shape index (κ1) is 19.4. The lowest BCUT2D eigenvalue weighted by atomic mass is 9.85. The zero-order valence-electron chi connectivity index (χ0n) is 16.3. The summed E-state index contributed by atoms with van der Waals surface area (Å²) < 4.78 is 17.8. The van der Waals surface area contributed by atoms with Crippen molar-refractivity contribution in [1.29, 1.82) is 0 Å². The van der Waals surface area contributed by atoms with Crippen molar-refractivity contribution in [2.45, 2.75) is 38.6 Å². The number of rotatable bonds is 6. The number of hydrogen-bond acceptors (Lipinski definition) is 6. The Morgan fingerprint density at radius 1 is 1.10 bits per heavy atom. The van der Waals surface area contributed by atoms with Crippen LogP contribution in [-0.4, -0.2) is 40.1 Å². The number of anilines is 1. The molecule has 0 saturated heterocycles. The van der Waals surface area contributed by atoms with Gasteiger partial charge >= 0.3 is 0 Å². The Kier molecular flexibility index (Phi) is 5.80. The van der Waals surface area contributed by atoms with Crippen molar-refractivity contribution in [1.82, 2.24) is 20.3 Å². The van der Waals surface area contributed by atoms with E-state index in [1.165, 1.54) is 0 Å². The first-order chi connectivity index (χ1) is 14.1. The van der Waals surface area contributed by atoms with Crippen LogP contribution in [0, 0.1) is 12.8 Å². The summed E-state index contributed by atoms with van der Waals surface area (Å²) in [5.74, 6) is 1.65. The molecule has 3 aromatic heterocycles. The number of nitrogens with zero attached hydrogens (tertiary/aromatic N) is 3. The molecule has 8 heteroatoms. The van der Waals surface area contributed by atoms with Gasteiger partial charge in [0.15, 0.2) is 11.7 Å². The van der Waals surface area contributed by atoms with E-state index in [4.69, 9.17) is 4.42 Å². The highest BCUT2D eigenvalue weighted by Crippen LogP contribution is 2.27. The van der Waals surface area contributed by atoms with Gasteiger partial charge in [-0.05, 0) is 43.2 Å². The van der Waals surface area contributed by atoms with Gasteiger partial charge in [0.2, 0.25) is 5.91 Å². The Morgan fingerprint density at radius 3 is 2.62 bits per heavy atom. The van der Waals surface area contributed by atoms with E-state index in [1.807, 2.05) is 12.1 Å². The lowest BCUT2D eigenvalue weighted by Crippen LogP contribution is -2.37. The van der Waals surface area contributed by atoms with Gasteiger partial charge in [0.1, 0.15) is 18.2 Å². The Hall–Kier alpha value is -2.87.